The Hall–Kier alpha value is -3.68. The van der Waals surface area contributed by atoms with Crippen molar-refractivity contribution in [1.29, 1.82) is 0 Å². The zero-order valence-corrected chi connectivity index (χ0v) is 17.6. The predicted octanol–water partition coefficient (Wildman–Crippen LogP) is 1.19. The minimum Gasteiger partial charge on any atom is -0.480 e. The Labute approximate surface area is 186 Å². The first-order valence-corrected chi connectivity index (χ1v) is 10.6. The summed E-state index contributed by atoms with van der Waals surface area (Å²) in [5, 5.41) is 17.1. The van der Waals surface area contributed by atoms with Crippen molar-refractivity contribution in [3.63, 3.8) is 0 Å². The summed E-state index contributed by atoms with van der Waals surface area (Å²) in [6.45, 7) is 0. The fourth-order valence-corrected chi connectivity index (χ4v) is 3.66. The minimum atomic E-state index is -1.13. The number of hydrogen-bond acceptors (Lipinski definition) is 4. The second-order valence-electron chi connectivity index (χ2n) is 7.85. The average molecular weight is 437 g/mol. The van der Waals surface area contributed by atoms with Crippen LogP contribution in [0.25, 0.3) is 0 Å². The number of aryl methyl sites for hydroxylation is 1. The number of aliphatic carboxylic acids is 1. The fraction of sp³-hybridized carbons (Fsp3) is 0.333. The maximum Gasteiger partial charge on any atom is 0.326 e. The van der Waals surface area contributed by atoms with E-state index in [1.165, 1.54) is 0 Å². The molecule has 2 aromatic carbocycles. The zero-order valence-electron chi connectivity index (χ0n) is 17.6. The molecule has 0 bridgehead atoms. The van der Waals surface area contributed by atoms with Gasteiger partial charge < -0.3 is 21.1 Å². The maximum absolute atomic E-state index is 12.4. The van der Waals surface area contributed by atoms with Crippen molar-refractivity contribution < 1.29 is 24.3 Å². The standard InChI is InChI=1S/C24H27N3O5/c28-21(25-18(24(31)32)13-7-12-16-8-3-1-4-9-16)15-20-23(30)26-19(22(29)27-20)14-17-10-5-2-6-11-17/h1-6,8-11,18-20H,7,12-15H2,(H,25,28)(H,26,30)(H,27,29)(H,31,32)/t18-,19+,20+/m1/s1. The molecule has 1 aliphatic rings. The van der Waals surface area contributed by atoms with E-state index in [0.717, 1.165) is 11.1 Å². The number of carbonyl (C=O) groups is 4. The molecule has 3 atom stereocenters. The summed E-state index contributed by atoms with van der Waals surface area (Å²) < 4.78 is 0. The molecular formula is C24H27N3O5. The second kappa shape index (κ2) is 11.1. The molecule has 3 rings (SSSR count). The number of benzene rings is 2. The van der Waals surface area contributed by atoms with Crippen molar-refractivity contribution in [2.45, 2.75) is 50.2 Å². The minimum absolute atomic E-state index is 0.262. The first-order chi connectivity index (χ1) is 15.4. The van der Waals surface area contributed by atoms with E-state index in [1.807, 2.05) is 60.7 Å². The second-order valence-corrected chi connectivity index (χ2v) is 7.85. The molecule has 0 saturated carbocycles. The van der Waals surface area contributed by atoms with Gasteiger partial charge in [-0.1, -0.05) is 60.7 Å². The summed E-state index contributed by atoms with van der Waals surface area (Å²) in [4.78, 5) is 48.7. The van der Waals surface area contributed by atoms with E-state index in [-0.39, 0.29) is 18.7 Å². The maximum atomic E-state index is 12.4. The van der Waals surface area contributed by atoms with Crippen molar-refractivity contribution in [3.05, 3.63) is 71.8 Å². The third-order valence-electron chi connectivity index (χ3n) is 5.37. The van der Waals surface area contributed by atoms with Crippen LogP contribution in [0, 0.1) is 0 Å². The van der Waals surface area contributed by atoms with Crippen LogP contribution in [0.4, 0.5) is 0 Å². The van der Waals surface area contributed by atoms with Crippen LogP contribution in [0.15, 0.2) is 60.7 Å². The lowest BCUT2D eigenvalue weighted by Crippen LogP contribution is -2.63. The molecule has 0 spiro atoms. The van der Waals surface area contributed by atoms with E-state index in [1.54, 1.807) is 0 Å². The van der Waals surface area contributed by atoms with Gasteiger partial charge in [0.2, 0.25) is 17.7 Å². The monoisotopic (exact) mass is 437 g/mol. The third-order valence-corrected chi connectivity index (χ3v) is 5.37. The third kappa shape index (κ3) is 6.66. The summed E-state index contributed by atoms with van der Waals surface area (Å²) >= 11 is 0. The quantitative estimate of drug-likeness (QED) is 0.445. The summed E-state index contributed by atoms with van der Waals surface area (Å²) in [5.74, 6) is -2.56. The Morgan fingerprint density at radius 1 is 0.875 bits per heavy atom. The SMILES string of the molecule is O=C(C[C@@H]1NC(=O)[C@H](Cc2ccccc2)NC1=O)N[C@H](CCCc1ccccc1)C(=O)O. The Morgan fingerprint density at radius 3 is 2.06 bits per heavy atom. The number of piperazine rings is 1. The highest BCUT2D eigenvalue weighted by Crippen LogP contribution is 2.10. The Morgan fingerprint density at radius 2 is 1.44 bits per heavy atom. The predicted molar refractivity (Wildman–Crippen MR) is 118 cm³/mol. The van der Waals surface area contributed by atoms with Crippen LogP contribution < -0.4 is 16.0 Å². The first-order valence-electron chi connectivity index (χ1n) is 10.6. The number of nitrogens with one attached hydrogen (secondary N) is 3. The molecule has 1 saturated heterocycles. The smallest absolute Gasteiger partial charge is 0.326 e. The highest BCUT2D eigenvalue weighted by atomic mass is 16.4. The molecule has 168 valence electrons. The van der Waals surface area contributed by atoms with Crippen LogP contribution in [-0.4, -0.2) is 46.9 Å². The number of carboxylic acids is 1. The molecule has 1 aliphatic heterocycles. The molecule has 8 heteroatoms. The van der Waals surface area contributed by atoms with Gasteiger partial charge in [0.1, 0.15) is 18.1 Å². The van der Waals surface area contributed by atoms with Crippen molar-refractivity contribution in [2.24, 2.45) is 0 Å². The van der Waals surface area contributed by atoms with Gasteiger partial charge in [0.15, 0.2) is 0 Å². The normalized spacial score (nSPS) is 18.9. The van der Waals surface area contributed by atoms with Gasteiger partial charge in [-0.25, -0.2) is 4.79 Å². The molecule has 32 heavy (non-hydrogen) atoms. The lowest BCUT2D eigenvalue weighted by atomic mass is 10.0. The van der Waals surface area contributed by atoms with Crippen LogP contribution in [0.2, 0.25) is 0 Å². The molecule has 2 aromatic rings. The van der Waals surface area contributed by atoms with E-state index in [9.17, 15) is 24.3 Å². The molecule has 8 nitrogen and oxygen atoms in total. The van der Waals surface area contributed by atoms with Gasteiger partial charge in [-0.05, 0) is 30.4 Å². The molecule has 0 aromatic heterocycles. The number of carbonyl (C=O) groups excluding carboxylic acids is 3. The molecule has 4 N–H and O–H groups in total. The molecule has 0 aliphatic carbocycles. The topological polar surface area (TPSA) is 125 Å². The number of rotatable bonds is 10. The van der Waals surface area contributed by atoms with Gasteiger partial charge in [0.25, 0.3) is 0 Å². The van der Waals surface area contributed by atoms with Gasteiger partial charge in [0.05, 0.1) is 6.42 Å². The van der Waals surface area contributed by atoms with E-state index >= 15 is 0 Å². The molecule has 1 fully saturated rings. The van der Waals surface area contributed by atoms with Crippen LogP contribution in [0.1, 0.15) is 30.4 Å². The number of amides is 3. The summed E-state index contributed by atoms with van der Waals surface area (Å²) in [6.07, 6.45) is 1.57. The Kier molecular flexibility index (Phi) is 7.96. The highest BCUT2D eigenvalue weighted by Gasteiger charge is 2.35. The molecule has 1 heterocycles. The average Bonchev–Trinajstić information content (AvgIpc) is 2.78. The van der Waals surface area contributed by atoms with Gasteiger partial charge in [-0.2, -0.15) is 0 Å². The lowest BCUT2D eigenvalue weighted by molar-refractivity contribution is -0.143. The largest absolute Gasteiger partial charge is 0.480 e. The van der Waals surface area contributed by atoms with Crippen LogP contribution in [0.3, 0.4) is 0 Å². The lowest BCUT2D eigenvalue weighted by Gasteiger charge is -2.29. The highest BCUT2D eigenvalue weighted by molar-refractivity contribution is 5.99. The van der Waals surface area contributed by atoms with Crippen LogP contribution in [-0.2, 0) is 32.0 Å². The van der Waals surface area contributed by atoms with Crippen LogP contribution >= 0.6 is 0 Å². The van der Waals surface area contributed by atoms with Crippen LogP contribution in [0.5, 0.6) is 0 Å². The van der Waals surface area contributed by atoms with E-state index in [0.29, 0.717) is 19.3 Å². The Bertz CT molecular complexity index is 949. The first kappa shape index (κ1) is 23.0. The van der Waals surface area contributed by atoms with Crippen molar-refractivity contribution in [3.8, 4) is 0 Å². The van der Waals surface area contributed by atoms with Gasteiger partial charge in [0, 0.05) is 6.42 Å². The molecule has 0 unspecified atom stereocenters. The number of hydrogen-bond donors (Lipinski definition) is 4. The summed E-state index contributed by atoms with van der Waals surface area (Å²) in [7, 11) is 0. The van der Waals surface area contributed by atoms with Crippen molar-refractivity contribution in [2.75, 3.05) is 0 Å². The molecule has 3 amide bonds. The summed E-state index contributed by atoms with van der Waals surface area (Å²) in [6, 6.07) is 16.2. The van der Waals surface area contributed by atoms with E-state index in [2.05, 4.69) is 16.0 Å². The fourth-order valence-electron chi connectivity index (χ4n) is 3.66. The van der Waals surface area contributed by atoms with Gasteiger partial charge >= 0.3 is 5.97 Å². The van der Waals surface area contributed by atoms with Crippen molar-refractivity contribution >= 4 is 23.7 Å². The van der Waals surface area contributed by atoms with E-state index < -0.39 is 35.9 Å². The summed E-state index contributed by atoms with van der Waals surface area (Å²) in [5.41, 5.74) is 2.00. The van der Waals surface area contributed by atoms with E-state index in [4.69, 9.17) is 0 Å². The number of carboxylic acid groups (broad SMARTS) is 1. The van der Waals surface area contributed by atoms with Crippen molar-refractivity contribution in [1.82, 2.24) is 16.0 Å². The Balaban J connectivity index is 1.48. The molecular weight excluding hydrogens is 410 g/mol. The van der Waals surface area contributed by atoms with Gasteiger partial charge in [-0.15, -0.1) is 0 Å². The molecule has 0 radical (unpaired) electrons. The zero-order chi connectivity index (χ0) is 22.9. The van der Waals surface area contributed by atoms with Gasteiger partial charge in [-0.3, -0.25) is 14.4 Å².